The van der Waals surface area contributed by atoms with Crippen LogP contribution < -0.4 is 16.2 Å². The Hall–Kier alpha value is -3.96. The van der Waals surface area contributed by atoms with Crippen molar-refractivity contribution in [2.24, 2.45) is 10.9 Å². The summed E-state index contributed by atoms with van der Waals surface area (Å²) >= 11 is 0. The smallest absolute Gasteiger partial charge is 0.142 e. The molecule has 0 bridgehead atoms. The van der Waals surface area contributed by atoms with Crippen molar-refractivity contribution < 1.29 is 9.57 Å². The van der Waals surface area contributed by atoms with Crippen molar-refractivity contribution in [3.63, 3.8) is 0 Å². The molecule has 0 saturated heterocycles. The van der Waals surface area contributed by atoms with E-state index in [1.165, 1.54) is 6.33 Å². The Morgan fingerprint density at radius 3 is 2.53 bits per heavy atom. The van der Waals surface area contributed by atoms with Crippen LogP contribution in [0, 0.1) is 11.3 Å². The fourth-order valence-corrected chi connectivity index (χ4v) is 5.08. The second-order valence-corrected chi connectivity index (χ2v) is 9.99. The molecule has 8 nitrogen and oxygen atoms in total. The molecule has 2 aliphatic carbocycles. The summed E-state index contributed by atoms with van der Waals surface area (Å²) in [4.78, 5) is 14.7. The van der Waals surface area contributed by atoms with Crippen molar-refractivity contribution >= 4 is 11.5 Å². The van der Waals surface area contributed by atoms with Gasteiger partial charge >= 0.3 is 0 Å². The molecule has 1 aromatic heterocycles. The first-order chi connectivity index (χ1) is 17.4. The standard InChI is InChI=1S/C28H30N6O2/c1-28(2)24-25(32-16-33-27(24)31)22-12-11-21(36-20-9-7-19(30)8-10-20)13-23(22)26(28)34-35-15-18-5-3-17(14-29)4-6-18/h3-6,11-13,16,19-20H,7-10,15,30H2,1-2H3,(H2,31,32,33)/b34-26+. The summed E-state index contributed by atoms with van der Waals surface area (Å²) in [7, 11) is 0. The van der Waals surface area contributed by atoms with E-state index in [0.29, 0.717) is 11.4 Å². The molecule has 5 rings (SSSR count). The highest BCUT2D eigenvalue weighted by atomic mass is 16.6. The second-order valence-electron chi connectivity index (χ2n) is 9.99. The van der Waals surface area contributed by atoms with E-state index in [4.69, 9.17) is 26.3 Å². The number of nitrogens with two attached hydrogens (primary N) is 2. The van der Waals surface area contributed by atoms with E-state index < -0.39 is 5.41 Å². The summed E-state index contributed by atoms with van der Waals surface area (Å²) in [5, 5.41) is 13.6. The summed E-state index contributed by atoms with van der Waals surface area (Å²) in [6.45, 7) is 4.37. The van der Waals surface area contributed by atoms with Gasteiger partial charge in [-0.15, -0.1) is 0 Å². The van der Waals surface area contributed by atoms with Crippen LogP contribution in [0.15, 0.2) is 53.9 Å². The summed E-state index contributed by atoms with van der Waals surface area (Å²) in [6, 6.07) is 15.7. The lowest BCUT2D eigenvalue weighted by Gasteiger charge is -2.35. The molecular weight excluding hydrogens is 452 g/mol. The van der Waals surface area contributed by atoms with Crippen LogP contribution in [0.5, 0.6) is 5.75 Å². The van der Waals surface area contributed by atoms with Gasteiger partial charge in [0.15, 0.2) is 0 Å². The van der Waals surface area contributed by atoms with Crippen molar-refractivity contribution in [1.29, 1.82) is 5.26 Å². The molecule has 0 spiro atoms. The van der Waals surface area contributed by atoms with Gasteiger partial charge in [-0.25, -0.2) is 9.97 Å². The van der Waals surface area contributed by atoms with Crippen LogP contribution in [0.4, 0.5) is 5.82 Å². The highest BCUT2D eigenvalue weighted by Gasteiger charge is 2.41. The first-order valence-corrected chi connectivity index (χ1v) is 12.2. The number of oxime groups is 1. The molecule has 0 atom stereocenters. The Morgan fingerprint density at radius 1 is 1.06 bits per heavy atom. The van der Waals surface area contributed by atoms with E-state index in [9.17, 15) is 0 Å². The molecule has 8 heteroatoms. The quantitative estimate of drug-likeness (QED) is 0.513. The van der Waals surface area contributed by atoms with Crippen molar-refractivity contribution in [3.8, 4) is 23.1 Å². The number of fused-ring (bicyclic) bond motifs is 3. The fraction of sp³-hybridized carbons (Fsp3) is 0.357. The van der Waals surface area contributed by atoms with Gasteiger partial charge in [-0.05, 0) is 75.4 Å². The Kier molecular flexibility index (Phi) is 6.33. The van der Waals surface area contributed by atoms with Crippen LogP contribution in [0.2, 0.25) is 0 Å². The van der Waals surface area contributed by atoms with Gasteiger partial charge in [0.1, 0.15) is 24.5 Å². The average Bonchev–Trinajstić information content (AvgIpc) is 2.87. The number of ether oxygens (including phenoxy) is 1. The highest BCUT2D eigenvalue weighted by molar-refractivity contribution is 6.15. The first kappa shape index (κ1) is 23.8. The lowest BCUT2D eigenvalue weighted by Crippen LogP contribution is -2.36. The Labute approximate surface area is 211 Å². The summed E-state index contributed by atoms with van der Waals surface area (Å²) in [6.07, 6.45) is 5.49. The molecule has 0 aliphatic heterocycles. The third kappa shape index (κ3) is 4.50. The number of hydrogen-bond donors (Lipinski definition) is 2. The molecule has 2 aliphatic rings. The summed E-state index contributed by atoms with van der Waals surface area (Å²) in [5.74, 6) is 1.21. The van der Waals surface area contributed by atoms with Gasteiger partial charge in [0.05, 0.1) is 29.1 Å². The van der Waals surface area contributed by atoms with Crippen molar-refractivity contribution in [2.75, 3.05) is 5.73 Å². The van der Waals surface area contributed by atoms with Gasteiger partial charge in [0, 0.05) is 28.1 Å². The molecular formula is C28H30N6O2. The van der Waals surface area contributed by atoms with Crippen LogP contribution in [0.3, 0.4) is 0 Å². The van der Waals surface area contributed by atoms with Gasteiger partial charge in [-0.2, -0.15) is 5.26 Å². The van der Waals surface area contributed by atoms with E-state index >= 15 is 0 Å². The van der Waals surface area contributed by atoms with Crippen LogP contribution in [0.1, 0.15) is 61.8 Å². The molecule has 0 amide bonds. The lowest BCUT2D eigenvalue weighted by atomic mass is 9.70. The van der Waals surface area contributed by atoms with Crippen LogP contribution >= 0.6 is 0 Å². The molecule has 4 N–H and O–H groups in total. The zero-order chi connectivity index (χ0) is 25.3. The Bertz CT molecular complexity index is 1340. The van der Waals surface area contributed by atoms with Gasteiger partial charge in [-0.1, -0.05) is 17.3 Å². The molecule has 1 heterocycles. The van der Waals surface area contributed by atoms with Gasteiger partial charge in [0.2, 0.25) is 0 Å². The third-order valence-corrected chi connectivity index (χ3v) is 7.09. The largest absolute Gasteiger partial charge is 0.490 e. The fourth-order valence-electron chi connectivity index (χ4n) is 5.08. The van der Waals surface area contributed by atoms with E-state index in [-0.39, 0.29) is 18.8 Å². The van der Waals surface area contributed by atoms with E-state index in [1.54, 1.807) is 12.1 Å². The number of hydrogen-bond acceptors (Lipinski definition) is 8. The second kappa shape index (κ2) is 9.59. The summed E-state index contributed by atoms with van der Waals surface area (Å²) in [5.41, 5.74) is 17.5. The molecule has 1 saturated carbocycles. The number of aromatic nitrogens is 2. The minimum atomic E-state index is -0.603. The zero-order valence-corrected chi connectivity index (χ0v) is 20.6. The van der Waals surface area contributed by atoms with Crippen LogP contribution in [-0.2, 0) is 16.9 Å². The predicted molar refractivity (Wildman–Crippen MR) is 138 cm³/mol. The molecule has 3 aromatic rings. The van der Waals surface area contributed by atoms with E-state index in [1.807, 2.05) is 30.3 Å². The van der Waals surface area contributed by atoms with Crippen molar-refractivity contribution in [1.82, 2.24) is 9.97 Å². The van der Waals surface area contributed by atoms with E-state index in [2.05, 4.69) is 35.0 Å². The zero-order valence-electron chi connectivity index (χ0n) is 20.6. The lowest BCUT2D eigenvalue weighted by molar-refractivity contribution is 0.129. The Balaban J connectivity index is 1.50. The van der Waals surface area contributed by atoms with Gasteiger partial charge in [0.25, 0.3) is 0 Å². The van der Waals surface area contributed by atoms with Crippen molar-refractivity contribution in [2.45, 2.75) is 63.7 Å². The number of nitriles is 1. The van der Waals surface area contributed by atoms with Gasteiger partial charge in [-0.3, -0.25) is 0 Å². The number of nitrogens with zero attached hydrogens (tertiary/aromatic N) is 4. The molecule has 36 heavy (non-hydrogen) atoms. The number of rotatable bonds is 5. The monoisotopic (exact) mass is 482 g/mol. The number of nitrogen functional groups attached to an aromatic ring is 1. The highest BCUT2D eigenvalue weighted by Crippen LogP contribution is 2.45. The van der Waals surface area contributed by atoms with E-state index in [0.717, 1.165) is 65.1 Å². The number of benzene rings is 2. The minimum Gasteiger partial charge on any atom is -0.490 e. The SMILES string of the molecule is CC1(C)/C(=N/OCc2ccc(C#N)cc2)c2cc(OC3CCC(N)CC3)ccc2-c2ncnc(N)c21. The molecule has 0 radical (unpaired) electrons. The maximum Gasteiger partial charge on any atom is 0.142 e. The maximum atomic E-state index is 9.03. The van der Waals surface area contributed by atoms with Crippen LogP contribution in [-0.4, -0.2) is 27.8 Å². The van der Waals surface area contributed by atoms with Gasteiger partial charge < -0.3 is 21.0 Å². The first-order valence-electron chi connectivity index (χ1n) is 12.2. The molecule has 184 valence electrons. The predicted octanol–water partition coefficient (Wildman–Crippen LogP) is 4.46. The summed E-state index contributed by atoms with van der Waals surface area (Å²) < 4.78 is 6.36. The third-order valence-electron chi connectivity index (χ3n) is 7.09. The molecule has 2 aromatic carbocycles. The van der Waals surface area contributed by atoms with Crippen molar-refractivity contribution in [3.05, 3.63) is 71.0 Å². The topological polar surface area (TPSA) is 132 Å². The molecule has 1 fully saturated rings. The van der Waals surface area contributed by atoms with Crippen LogP contribution in [0.25, 0.3) is 11.3 Å². The number of anilines is 1. The molecule has 0 unspecified atom stereocenters. The normalized spacial score (nSPS) is 21.2. The average molecular weight is 483 g/mol. The Morgan fingerprint density at radius 2 is 1.81 bits per heavy atom. The maximum absolute atomic E-state index is 9.03. The minimum absolute atomic E-state index is 0.151.